The average molecular weight is 430 g/mol. The third-order valence-corrected chi connectivity index (χ3v) is 6.44. The van der Waals surface area contributed by atoms with Gasteiger partial charge in [0.1, 0.15) is 0 Å². The van der Waals surface area contributed by atoms with Crippen molar-refractivity contribution in [2.24, 2.45) is 10.1 Å². The van der Waals surface area contributed by atoms with Gasteiger partial charge in [-0.2, -0.15) is 4.99 Å². The van der Waals surface area contributed by atoms with Crippen LogP contribution >= 0.6 is 11.3 Å². The number of nitrogens with two attached hydrogens (primary N) is 1. The molecule has 6 nitrogen and oxygen atoms in total. The van der Waals surface area contributed by atoms with Crippen molar-refractivity contribution in [3.8, 4) is 0 Å². The minimum Gasteiger partial charge on any atom is -0.312 e. The highest BCUT2D eigenvalue weighted by Gasteiger charge is 2.15. The highest BCUT2D eigenvalue weighted by Crippen LogP contribution is 2.23. The number of benzene rings is 2. The van der Waals surface area contributed by atoms with Crippen LogP contribution in [0.3, 0.4) is 0 Å². The molecule has 0 atom stereocenters. The second kappa shape index (κ2) is 7.70. The Hall–Kier alpha value is -2.55. The third-order valence-electron chi connectivity index (χ3n) is 4.49. The summed E-state index contributed by atoms with van der Waals surface area (Å²) in [6.45, 7) is 10.5. The van der Waals surface area contributed by atoms with Crippen LogP contribution in [-0.4, -0.2) is 18.9 Å². The van der Waals surface area contributed by atoms with Crippen LogP contribution in [0.25, 0.3) is 10.2 Å². The van der Waals surface area contributed by atoms with E-state index in [9.17, 15) is 13.2 Å². The summed E-state index contributed by atoms with van der Waals surface area (Å²) in [5, 5.41) is 5.23. The summed E-state index contributed by atoms with van der Waals surface area (Å²) in [4.78, 5) is 17.5. The molecule has 1 amide bonds. The molecule has 0 radical (unpaired) electrons. The number of carbonyl (C=O) groups excluding carboxylic acids is 1. The van der Waals surface area contributed by atoms with Crippen molar-refractivity contribution in [2.75, 3.05) is 0 Å². The molecule has 0 unspecified atom stereocenters. The van der Waals surface area contributed by atoms with Gasteiger partial charge in [0.15, 0.2) is 4.80 Å². The molecule has 0 saturated carbocycles. The molecule has 2 N–H and O–H groups in total. The van der Waals surface area contributed by atoms with E-state index >= 15 is 0 Å². The lowest BCUT2D eigenvalue weighted by Gasteiger charge is -2.18. The first-order valence-electron chi connectivity index (χ1n) is 8.97. The number of aromatic nitrogens is 1. The van der Waals surface area contributed by atoms with Gasteiger partial charge in [-0.05, 0) is 41.3 Å². The van der Waals surface area contributed by atoms with Crippen molar-refractivity contribution in [1.29, 1.82) is 0 Å². The van der Waals surface area contributed by atoms with Gasteiger partial charge in [0.2, 0.25) is 10.0 Å². The van der Waals surface area contributed by atoms with Crippen LogP contribution in [-0.2, 0) is 22.0 Å². The largest absolute Gasteiger partial charge is 0.312 e. The van der Waals surface area contributed by atoms with Gasteiger partial charge in [0.25, 0.3) is 5.91 Å². The Balaban J connectivity index is 2.09. The van der Waals surface area contributed by atoms with Gasteiger partial charge in [-0.1, -0.05) is 50.3 Å². The van der Waals surface area contributed by atoms with Crippen LogP contribution in [0.15, 0.2) is 65.0 Å². The molecule has 0 saturated heterocycles. The first-order chi connectivity index (χ1) is 13.5. The number of primary sulfonamides is 1. The highest BCUT2D eigenvalue weighted by molar-refractivity contribution is 7.89. The average Bonchev–Trinajstić information content (AvgIpc) is 2.97. The Bertz CT molecular complexity index is 1260. The number of thiazole rings is 1. The predicted octanol–water partition coefficient (Wildman–Crippen LogP) is 3.57. The summed E-state index contributed by atoms with van der Waals surface area (Å²) in [5.74, 6) is -0.360. The zero-order chi connectivity index (χ0) is 21.4. The lowest BCUT2D eigenvalue weighted by molar-refractivity contribution is 0.0998. The zero-order valence-corrected chi connectivity index (χ0v) is 18.2. The van der Waals surface area contributed by atoms with E-state index in [-0.39, 0.29) is 16.2 Å². The molecule has 8 heteroatoms. The molecule has 3 rings (SSSR count). The summed E-state index contributed by atoms with van der Waals surface area (Å²) in [6, 6.07) is 12.0. The van der Waals surface area contributed by atoms with E-state index in [1.54, 1.807) is 24.3 Å². The van der Waals surface area contributed by atoms with Crippen LogP contribution in [0.5, 0.6) is 0 Å². The molecule has 3 aromatic rings. The van der Waals surface area contributed by atoms with Crippen molar-refractivity contribution in [3.63, 3.8) is 0 Å². The van der Waals surface area contributed by atoms with E-state index in [1.165, 1.54) is 23.5 Å². The zero-order valence-electron chi connectivity index (χ0n) is 16.5. The van der Waals surface area contributed by atoms with E-state index in [2.05, 4.69) is 32.3 Å². The summed E-state index contributed by atoms with van der Waals surface area (Å²) >= 11 is 1.23. The quantitative estimate of drug-likeness (QED) is 0.642. The van der Waals surface area contributed by atoms with E-state index in [4.69, 9.17) is 5.14 Å². The van der Waals surface area contributed by atoms with Crippen molar-refractivity contribution in [3.05, 3.63) is 71.0 Å². The molecular weight excluding hydrogens is 406 g/mol. The summed E-state index contributed by atoms with van der Waals surface area (Å²) in [5.41, 5.74) is 2.38. The normalized spacial score (nSPS) is 13.0. The smallest absolute Gasteiger partial charge is 0.279 e. The van der Waals surface area contributed by atoms with Gasteiger partial charge in [-0.25, -0.2) is 13.6 Å². The SMILES string of the molecule is C=CCn1c(=NC(=O)c2ccc(C(C)(C)C)cc2)sc2cc(S(N)(=O)=O)ccc21. The molecule has 0 fully saturated rings. The van der Waals surface area contributed by atoms with Gasteiger partial charge in [0.05, 0.1) is 15.1 Å². The van der Waals surface area contributed by atoms with Gasteiger partial charge < -0.3 is 4.57 Å². The third kappa shape index (κ3) is 4.55. The topological polar surface area (TPSA) is 94.5 Å². The molecule has 1 aromatic heterocycles. The molecule has 29 heavy (non-hydrogen) atoms. The fraction of sp³-hybridized carbons (Fsp3) is 0.238. The molecule has 0 aliphatic carbocycles. The standard InChI is InChI=1S/C21H23N3O3S2/c1-5-12-24-17-11-10-16(29(22,26)27)13-18(17)28-20(24)23-19(25)14-6-8-15(9-7-14)21(2,3)4/h5-11,13H,1,12H2,2-4H3,(H2,22,26,27). The molecule has 1 heterocycles. The van der Waals surface area contributed by atoms with Gasteiger partial charge in [-0.15, -0.1) is 6.58 Å². The Morgan fingerprint density at radius 2 is 1.86 bits per heavy atom. The van der Waals surface area contributed by atoms with Crippen molar-refractivity contribution >= 4 is 37.5 Å². The minimum atomic E-state index is -3.81. The predicted molar refractivity (Wildman–Crippen MR) is 116 cm³/mol. The molecule has 0 aliphatic rings. The van der Waals surface area contributed by atoms with Gasteiger partial charge in [-0.3, -0.25) is 4.79 Å². The maximum atomic E-state index is 12.7. The monoisotopic (exact) mass is 429 g/mol. The Kier molecular flexibility index (Phi) is 5.62. The molecule has 0 aliphatic heterocycles. The van der Waals surface area contributed by atoms with Gasteiger partial charge in [0, 0.05) is 12.1 Å². The van der Waals surface area contributed by atoms with Crippen LogP contribution in [0.4, 0.5) is 0 Å². The van der Waals surface area contributed by atoms with Crippen LogP contribution in [0.1, 0.15) is 36.7 Å². The molecule has 152 valence electrons. The number of amides is 1. The lowest BCUT2D eigenvalue weighted by Crippen LogP contribution is -2.16. The Labute approximate surface area is 174 Å². The second-order valence-corrected chi connectivity index (χ2v) is 10.3. The van der Waals surface area contributed by atoms with Crippen molar-refractivity contribution in [2.45, 2.75) is 37.6 Å². The highest BCUT2D eigenvalue weighted by atomic mass is 32.2. The van der Waals surface area contributed by atoms with E-state index in [0.29, 0.717) is 21.6 Å². The van der Waals surface area contributed by atoms with E-state index in [0.717, 1.165) is 11.1 Å². The Morgan fingerprint density at radius 1 is 1.21 bits per heavy atom. The molecular formula is C21H23N3O3S2. The van der Waals surface area contributed by atoms with Crippen molar-refractivity contribution < 1.29 is 13.2 Å². The Morgan fingerprint density at radius 3 is 2.41 bits per heavy atom. The maximum Gasteiger partial charge on any atom is 0.279 e. The van der Waals surface area contributed by atoms with Crippen LogP contribution in [0.2, 0.25) is 0 Å². The van der Waals surface area contributed by atoms with E-state index < -0.39 is 10.0 Å². The number of rotatable bonds is 4. The number of sulfonamides is 1. The van der Waals surface area contributed by atoms with Crippen molar-refractivity contribution in [1.82, 2.24) is 4.57 Å². The van der Waals surface area contributed by atoms with Crippen LogP contribution < -0.4 is 9.94 Å². The number of fused-ring (bicyclic) bond motifs is 1. The number of allylic oxidation sites excluding steroid dienone is 1. The fourth-order valence-corrected chi connectivity index (χ4v) is 4.58. The molecule has 2 aromatic carbocycles. The molecule has 0 bridgehead atoms. The number of carbonyl (C=O) groups is 1. The number of nitrogens with zero attached hydrogens (tertiary/aromatic N) is 2. The lowest BCUT2D eigenvalue weighted by atomic mass is 9.87. The van der Waals surface area contributed by atoms with Crippen LogP contribution in [0, 0.1) is 0 Å². The summed E-state index contributed by atoms with van der Waals surface area (Å²) in [7, 11) is -3.81. The maximum absolute atomic E-state index is 12.7. The first-order valence-corrected chi connectivity index (χ1v) is 11.3. The summed E-state index contributed by atoms with van der Waals surface area (Å²) in [6.07, 6.45) is 1.70. The fourth-order valence-electron chi connectivity index (χ4n) is 2.89. The minimum absolute atomic E-state index is 0.00177. The summed E-state index contributed by atoms with van der Waals surface area (Å²) < 4.78 is 25.8. The number of hydrogen-bond acceptors (Lipinski definition) is 4. The first kappa shape index (κ1) is 21.2. The van der Waals surface area contributed by atoms with E-state index in [1.807, 2.05) is 16.7 Å². The second-order valence-electron chi connectivity index (χ2n) is 7.70. The number of hydrogen-bond donors (Lipinski definition) is 1. The molecule has 0 spiro atoms. The van der Waals surface area contributed by atoms with Gasteiger partial charge >= 0.3 is 0 Å².